The number of fused-ring (bicyclic) bond motifs is 16. The smallest absolute Gasteiger partial charge is 0.221 e. The largest absolute Gasteiger partial charge is 0.292 e. The fraction of sp³-hybridized carbons (Fsp3) is 0. The second kappa shape index (κ2) is 9.77. The van der Waals surface area contributed by atoms with Gasteiger partial charge in [-0.2, -0.15) is 0 Å². The molecule has 0 atom stereocenters. The van der Waals surface area contributed by atoms with Crippen LogP contribution < -0.4 is 0 Å². The molecule has 12 rings (SSSR count). The summed E-state index contributed by atoms with van der Waals surface area (Å²) in [4.78, 5) is 15.6. The van der Waals surface area contributed by atoms with Crippen molar-refractivity contribution in [3.8, 4) is 17.1 Å². The van der Waals surface area contributed by atoms with Crippen molar-refractivity contribution in [3.05, 3.63) is 158 Å². The van der Waals surface area contributed by atoms with Crippen LogP contribution in [0.3, 0.4) is 0 Å². The molecule has 236 valence electrons. The lowest BCUT2D eigenvalue weighted by atomic mass is 9.99. The van der Waals surface area contributed by atoms with Crippen molar-refractivity contribution in [3.63, 3.8) is 0 Å². The maximum atomic E-state index is 5.37. The van der Waals surface area contributed by atoms with Crippen LogP contribution in [0.1, 0.15) is 0 Å². The lowest BCUT2D eigenvalue weighted by molar-refractivity contribution is 0.979. The summed E-state index contributed by atoms with van der Waals surface area (Å²) in [5.41, 5.74) is 12.5. The van der Waals surface area contributed by atoms with Crippen LogP contribution in [0.25, 0.3) is 105 Å². The Kier molecular flexibility index (Phi) is 5.14. The van der Waals surface area contributed by atoms with Gasteiger partial charge >= 0.3 is 0 Å². The summed E-state index contributed by atoms with van der Waals surface area (Å²) in [6.45, 7) is 0. The molecule has 0 saturated heterocycles. The van der Waals surface area contributed by atoms with Crippen LogP contribution in [0, 0.1) is 0 Å². The highest BCUT2D eigenvalue weighted by molar-refractivity contribution is 6.15. The second-order valence-electron chi connectivity index (χ2n) is 13.3. The van der Waals surface area contributed by atoms with Crippen molar-refractivity contribution in [2.45, 2.75) is 0 Å². The van der Waals surface area contributed by atoms with Crippen molar-refractivity contribution in [1.82, 2.24) is 28.3 Å². The number of benzene rings is 7. The molecule has 0 fully saturated rings. The van der Waals surface area contributed by atoms with E-state index in [1.807, 2.05) is 12.1 Å². The summed E-state index contributed by atoms with van der Waals surface area (Å²) < 4.78 is 6.86. The number of hydrogen-bond donors (Lipinski definition) is 0. The standard InChI is InChI=1S/C45H26N6/c1-2-13-33-29(11-1)31-23-21-27(25-41(31)49-39-19-9-6-16-36(39)46-43(33)49)28-22-24-32-30-12-4-8-18-38(30)50(42(32)26-28)45-48-35-15-5-3-14-34(35)44-47-37-17-7-10-20-40(37)51(44)45/h1-26H. The summed E-state index contributed by atoms with van der Waals surface area (Å²) >= 11 is 0. The van der Waals surface area contributed by atoms with E-state index in [2.05, 4.69) is 159 Å². The van der Waals surface area contributed by atoms with Crippen LogP contribution in [-0.4, -0.2) is 28.3 Å². The van der Waals surface area contributed by atoms with E-state index in [4.69, 9.17) is 15.0 Å². The van der Waals surface area contributed by atoms with Gasteiger partial charge < -0.3 is 0 Å². The molecule has 6 nitrogen and oxygen atoms in total. The quantitative estimate of drug-likeness (QED) is 0.175. The summed E-state index contributed by atoms with van der Waals surface area (Å²) in [7, 11) is 0. The van der Waals surface area contributed by atoms with E-state index in [0.717, 1.165) is 83.3 Å². The maximum Gasteiger partial charge on any atom is 0.221 e. The number of aromatic nitrogens is 6. The van der Waals surface area contributed by atoms with E-state index in [0.29, 0.717) is 0 Å². The fourth-order valence-electron chi connectivity index (χ4n) is 8.33. The molecule has 0 N–H and O–H groups in total. The summed E-state index contributed by atoms with van der Waals surface area (Å²) in [6.07, 6.45) is 0. The molecular weight excluding hydrogens is 625 g/mol. The number of hydrogen-bond acceptors (Lipinski definition) is 3. The Morgan fingerprint density at radius 2 is 0.804 bits per heavy atom. The average molecular weight is 651 g/mol. The Bertz CT molecular complexity index is 3440. The minimum atomic E-state index is 0.817. The van der Waals surface area contributed by atoms with Crippen molar-refractivity contribution < 1.29 is 0 Å². The third kappa shape index (κ3) is 3.57. The molecule has 0 radical (unpaired) electrons. The van der Waals surface area contributed by atoms with Crippen molar-refractivity contribution in [2.75, 3.05) is 0 Å². The van der Waals surface area contributed by atoms with E-state index in [1.165, 1.54) is 21.5 Å². The zero-order valence-corrected chi connectivity index (χ0v) is 27.2. The molecule has 12 aromatic rings. The first-order valence-electron chi connectivity index (χ1n) is 17.2. The van der Waals surface area contributed by atoms with Crippen LogP contribution >= 0.6 is 0 Å². The molecule has 51 heavy (non-hydrogen) atoms. The molecule has 0 saturated carbocycles. The van der Waals surface area contributed by atoms with Gasteiger partial charge in [0.1, 0.15) is 11.3 Å². The highest BCUT2D eigenvalue weighted by Gasteiger charge is 2.21. The Labute approximate surface area is 290 Å². The van der Waals surface area contributed by atoms with Crippen molar-refractivity contribution in [2.24, 2.45) is 0 Å². The van der Waals surface area contributed by atoms with Gasteiger partial charge in [0.2, 0.25) is 5.95 Å². The fourth-order valence-corrected chi connectivity index (χ4v) is 8.33. The second-order valence-corrected chi connectivity index (χ2v) is 13.3. The van der Waals surface area contributed by atoms with Gasteiger partial charge in [-0.05, 0) is 71.1 Å². The lowest BCUT2D eigenvalue weighted by Gasteiger charge is -2.13. The highest BCUT2D eigenvalue weighted by atomic mass is 15.2. The van der Waals surface area contributed by atoms with Crippen LogP contribution in [0.4, 0.5) is 0 Å². The molecule has 0 bridgehead atoms. The average Bonchev–Trinajstić information content (AvgIpc) is 3.88. The van der Waals surface area contributed by atoms with Gasteiger partial charge in [-0.3, -0.25) is 13.4 Å². The van der Waals surface area contributed by atoms with Gasteiger partial charge in [0.05, 0.1) is 44.1 Å². The molecule has 5 aromatic heterocycles. The van der Waals surface area contributed by atoms with E-state index in [1.54, 1.807) is 0 Å². The van der Waals surface area contributed by atoms with Gasteiger partial charge in [-0.15, -0.1) is 0 Å². The number of nitrogens with zero attached hydrogens (tertiary/aromatic N) is 6. The van der Waals surface area contributed by atoms with Gasteiger partial charge in [-0.1, -0.05) is 103 Å². The number of pyridine rings is 1. The van der Waals surface area contributed by atoms with Gasteiger partial charge in [0.25, 0.3) is 0 Å². The molecule has 6 heteroatoms. The Morgan fingerprint density at radius 3 is 1.53 bits per heavy atom. The number of para-hydroxylation sites is 6. The third-order valence-electron chi connectivity index (χ3n) is 10.6. The summed E-state index contributed by atoms with van der Waals surface area (Å²) in [6, 6.07) is 56.0. The van der Waals surface area contributed by atoms with Gasteiger partial charge in [-0.25, -0.2) is 15.0 Å². The monoisotopic (exact) mass is 650 g/mol. The molecule has 0 unspecified atom stereocenters. The lowest BCUT2D eigenvalue weighted by Crippen LogP contribution is -2.06. The third-order valence-corrected chi connectivity index (χ3v) is 10.6. The van der Waals surface area contributed by atoms with E-state index in [9.17, 15) is 0 Å². The zero-order valence-electron chi connectivity index (χ0n) is 27.2. The zero-order chi connectivity index (χ0) is 33.2. The molecule has 0 amide bonds. The molecule has 5 heterocycles. The molecule has 0 aliphatic carbocycles. The molecule has 0 aliphatic heterocycles. The Morgan fingerprint density at radius 1 is 0.314 bits per heavy atom. The van der Waals surface area contributed by atoms with Crippen LogP contribution in [0.2, 0.25) is 0 Å². The first-order chi connectivity index (χ1) is 25.3. The predicted molar refractivity (Wildman–Crippen MR) is 209 cm³/mol. The Balaban J connectivity index is 1.18. The van der Waals surface area contributed by atoms with Crippen molar-refractivity contribution >= 4 is 87.7 Å². The number of imidazole rings is 2. The maximum absolute atomic E-state index is 5.37. The van der Waals surface area contributed by atoms with E-state index < -0.39 is 0 Å². The van der Waals surface area contributed by atoms with E-state index >= 15 is 0 Å². The van der Waals surface area contributed by atoms with Gasteiger partial charge in [0, 0.05) is 26.9 Å². The molecule has 0 spiro atoms. The van der Waals surface area contributed by atoms with Crippen LogP contribution in [0.15, 0.2) is 158 Å². The first-order valence-corrected chi connectivity index (χ1v) is 17.2. The van der Waals surface area contributed by atoms with Crippen LogP contribution in [0.5, 0.6) is 0 Å². The first kappa shape index (κ1) is 26.9. The topological polar surface area (TPSA) is 52.4 Å². The summed E-state index contributed by atoms with van der Waals surface area (Å²) in [5, 5.41) is 6.95. The normalized spacial score (nSPS) is 12.3. The summed E-state index contributed by atoms with van der Waals surface area (Å²) in [5.74, 6) is 0.817. The minimum Gasteiger partial charge on any atom is -0.292 e. The van der Waals surface area contributed by atoms with Gasteiger partial charge in [0.15, 0.2) is 0 Å². The number of rotatable bonds is 2. The van der Waals surface area contributed by atoms with Crippen molar-refractivity contribution in [1.29, 1.82) is 0 Å². The van der Waals surface area contributed by atoms with E-state index in [-0.39, 0.29) is 0 Å². The molecular formula is C45H26N6. The van der Waals surface area contributed by atoms with Crippen LogP contribution in [-0.2, 0) is 0 Å². The SMILES string of the molecule is c1ccc2c(c1)nc(-n1c3ccccc3c3ccc(-c4ccc5c6ccccc6c6nc7ccccc7n6c5c4)cc31)n1c3ccccc3nc21. The minimum absolute atomic E-state index is 0.817. The molecule has 7 aromatic carbocycles. The Hall–Kier alpha value is -7.05. The molecule has 0 aliphatic rings. The highest BCUT2D eigenvalue weighted by Crippen LogP contribution is 2.38. The predicted octanol–water partition coefficient (Wildman–Crippen LogP) is 10.9.